The van der Waals surface area contributed by atoms with Gasteiger partial charge in [-0.15, -0.1) is 0 Å². The number of rotatable bonds is 29. The van der Waals surface area contributed by atoms with Crippen molar-refractivity contribution in [2.75, 3.05) is 26.3 Å². The number of carbonyl (C=O) groups is 2. The molecule has 2 aliphatic rings. The van der Waals surface area contributed by atoms with Gasteiger partial charge in [-0.25, -0.2) is 14.4 Å². The lowest BCUT2D eigenvalue weighted by molar-refractivity contribution is -0.306. The third kappa shape index (κ3) is 17.3. The van der Waals surface area contributed by atoms with Gasteiger partial charge in [0.1, 0.15) is 30.5 Å². The van der Waals surface area contributed by atoms with Gasteiger partial charge in [0.2, 0.25) is 0 Å². The first-order valence-corrected chi connectivity index (χ1v) is 21.9. The smallest absolute Gasteiger partial charge is 0.407 e. The van der Waals surface area contributed by atoms with Gasteiger partial charge < -0.3 is 54.7 Å². The number of nitrogens with one attached hydrogen (secondary N) is 3. The summed E-state index contributed by atoms with van der Waals surface area (Å²) < 4.78 is 30.0. The zero-order chi connectivity index (χ0) is 42.1. The van der Waals surface area contributed by atoms with Crippen LogP contribution in [-0.2, 0) is 23.7 Å². The molecule has 58 heavy (non-hydrogen) atoms. The van der Waals surface area contributed by atoms with Gasteiger partial charge in [-0.3, -0.25) is 14.3 Å². The van der Waals surface area contributed by atoms with Gasteiger partial charge in [-0.05, 0) is 12.8 Å². The van der Waals surface area contributed by atoms with Gasteiger partial charge in [0.15, 0.2) is 24.7 Å². The predicted molar refractivity (Wildman–Crippen MR) is 215 cm³/mol. The molecule has 7 N–H and O–H groups in total. The Morgan fingerprint density at radius 2 is 1.16 bits per heavy atom. The fourth-order valence-corrected chi connectivity index (χ4v) is 7.29. The summed E-state index contributed by atoms with van der Waals surface area (Å²) in [5.41, 5.74) is -1.55. The zero-order valence-electron chi connectivity index (χ0n) is 34.7. The van der Waals surface area contributed by atoms with Crippen LogP contribution >= 0.6 is 0 Å². The number of aliphatic hydroxyl groups excluding tert-OH is 4. The third-order valence-corrected chi connectivity index (χ3v) is 10.8. The zero-order valence-corrected chi connectivity index (χ0v) is 34.7. The Bertz CT molecular complexity index is 1390. The summed E-state index contributed by atoms with van der Waals surface area (Å²) in [4.78, 5) is 53.5. The van der Waals surface area contributed by atoms with Crippen LogP contribution in [0, 0.1) is 0 Å². The molecular weight excluding hydrogens is 756 g/mol. The van der Waals surface area contributed by atoms with E-state index in [1.807, 2.05) is 0 Å². The summed E-state index contributed by atoms with van der Waals surface area (Å²) in [6.45, 7) is 3.87. The maximum atomic E-state index is 13.2. The van der Waals surface area contributed by atoms with E-state index in [1.54, 1.807) is 0 Å². The molecule has 3 unspecified atom stereocenters. The molecule has 0 radical (unpaired) electrons. The van der Waals surface area contributed by atoms with Gasteiger partial charge in [-0.1, -0.05) is 129 Å². The highest BCUT2D eigenvalue weighted by Crippen LogP contribution is 2.34. The number of alkyl carbamates (subject to hydrolysis) is 2. The quantitative estimate of drug-likeness (QED) is 0.0559. The number of amides is 2. The maximum Gasteiger partial charge on any atom is 0.407 e. The highest BCUT2D eigenvalue weighted by atomic mass is 16.7. The molecule has 17 heteroatoms. The normalized spacial score (nSPS) is 25.7. The van der Waals surface area contributed by atoms with Crippen LogP contribution in [0.2, 0.25) is 0 Å². The lowest BCUT2D eigenvalue weighted by atomic mass is 9.99. The molecule has 17 nitrogen and oxygen atoms in total. The van der Waals surface area contributed by atoms with Crippen LogP contribution in [-0.4, -0.2) is 117 Å². The molecule has 0 aliphatic carbocycles. The predicted octanol–water partition coefficient (Wildman–Crippen LogP) is 4.28. The number of unbranched alkanes of at least 4 members (excludes halogenated alkanes) is 18. The second kappa shape index (κ2) is 28.4. The Kier molecular flexibility index (Phi) is 24.2. The van der Waals surface area contributed by atoms with E-state index in [0.717, 1.165) is 55.4 Å². The molecule has 0 spiro atoms. The van der Waals surface area contributed by atoms with E-state index in [0.29, 0.717) is 25.9 Å². The van der Waals surface area contributed by atoms with Crippen LogP contribution < -0.4 is 21.9 Å². The van der Waals surface area contributed by atoms with Crippen molar-refractivity contribution in [3.63, 3.8) is 0 Å². The van der Waals surface area contributed by atoms with E-state index in [1.165, 1.54) is 77.0 Å². The van der Waals surface area contributed by atoms with Gasteiger partial charge in [0, 0.05) is 25.4 Å². The van der Waals surface area contributed by atoms with E-state index >= 15 is 0 Å². The van der Waals surface area contributed by atoms with Crippen molar-refractivity contribution in [2.24, 2.45) is 0 Å². The molecule has 2 fully saturated rings. The summed E-state index contributed by atoms with van der Waals surface area (Å²) >= 11 is 0. The van der Waals surface area contributed by atoms with Crippen LogP contribution in [0.4, 0.5) is 9.59 Å². The lowest BCUT2D eigenvalue weighted by Gasteiger charge is -2.39. The van der Waals surface area contributed by atoms with Crippen LogP contribution in [0.25, 0.3) is 0 Å². The van der Waals surface area contributed by atoms with E-state index in [9.17, 15) is 39.6 Å². The number of ether oxygens (including phenoxy) is 5. The fraction of sp³-hybridized carbons (Fsp3) is 0.854. The number of carbonyl (C=O) groups excluding carboxylic acids is 2. The summed E-state index contributed by atoms with van der Waals surface area (Å²) in [5, 5.41) is 46.2. The number of nitrogens with zero attached hydrogens (tertiary/aromatic N) is 1. The molecule has 0 aromatic carbocycles. The van der Waals surface area contributed by atoms with Crippen molar-refractivity contribution in [3.05, 3.63) is 33.1 Å². The molecule has 3 heterocycles. The van der Waals surface area contributed by atoms with Crippen molar-refractivity contribution in [2.45, 2.75) is 198 Å². The van der Waals surface area contributed by atoms with E-state index in [4.69, 9.17) is 23.7 Å². The number of aromatic amines is 1. The number of H-pyrrole nitrogens is 1. The first-order valence-electron chi connectivity index (χ1n) is 21.9. The van der Waals surface area contributed by atoms with E-state index in [-0.39, 0.29) is 0 Å². The largest absolute Gasteiger partial charge is 0.439 e. The molecular formula is C41H72N4O13. The highest BCUT2D eigenvalue weighted by molar-refractivity contribution is 5.68. The molecule has 0 bridgehead atoms. The molecule has 0 saturated carbocycles. The second-order valence-corrected chi connectivity index (χ2v) is 15.6. The summed E-state index contributed by atoms with van der Waals surface area (Å²) in [6, 6.07) is 1.08. The number of hydrogen-bond acceptors (Lipinski definition) is 13. The Hall–Kier alpha value is -3.06. The second-order valence-electron chi connectivity index (χ2n) is 15.6. The SMILES string of the molecule is CCCCCCCCCCCCNC(=O)OC1[C@@H](CO[C@@H]2OC(CO)[C@H](O)[C@H](O)C2O)O[C@@H](n2ccc(=O)[nH]c2=O)[C@H]1OC(=O)NCCCCCCCCCCCC. The molecule has 1 aromatic heterocycles. The summed E-state index contributed by atoms with van der Waals surface area (Å²) in [5.74, 6) is 0. The average Bonchev–Trinajstić information content (AvgIpc) is 3.52. The molecule has 2 saturated heterocycles. The summed E-state index contributed by atoms with van der Waals surface area (Å²) in [6.07, 6.45) is 8.57. The van der Waals surface area contributed by atoms with E-state index < -0.39 is 91.9 Å². The van der Waals surface area contributed by atoms with Crippen molar-refractivity contribution in [1.29, 1.82) is 0 Å². The molecule has 1 aromatic rings. The Balaban J connectivity index is 1.67. The van der Waals surface area contributed by atoms with Crippen LogP contribution in [0.15, 0.2) is 21.9 Å². The van der Waals surface area contributed by atoms with Crippen LogP contribution in [0.3, 0.4) is 0 Å². The molecule has 334 valence electrons. The van der Waals surface area contributed by atoms with Crippen molar-refractivity contribution in [1.82, 2.24) is 20.2 Å². The molecule has 3 rings (SSSR count). The minimum atomic E-state index is -1.73. The van der Waals surface area contributed by atoms with E-state index in [2.05, 4.69) is 29.5 Å². The van der Waals surface area contributed by atoms with Crippen molar-refractivity contribution < 1.29 is 53.7 Å². The van der Waals surface area contributed by atoms with Gasteiger partial charge in [0.05, 0.1) is 13.2 Å². The molecule has 2 aliphatic heterocycles. The highest BCUT2D eigenvalue weighted by Gasteiger charge is 2.52. The monoisotopic (exact) mass is 829 g/mol. The molecule has 2 amide bonds. The standard InChI is InChI=1S/C41H72N4O13/c1-3-5-7-9-11-13-15-17-19-21-24-42-40(52)57-35-30(28-54-38-34(50)33(49)32(48)29(27-46)56-38)55-37(45-26-23-31(47)44-39(45)51)36(35)58-41(53)43-25-22-20-18-16-14-12-10-8-6-4-2/h23,26,29-30,32-38,46,48-50H,3-22,24-25,27-28H2,1-2H3,(H,42,52)(H,43,53)(H,44,47,51)/t29?,30-,32+,33+,34?,35?,36+,37-,38-/m1/s1. The Morgan fingerprint density at radius 1 is 0.672 bits per heavy atom. The van der Waals surface area contributed by atoms with Gasteiger partial charge >= 0.3 is 17.9 Å². The topological polar surface area (TPSA) is 240 Å². The average molecular weight is 829 g/mol. The Morgan fingerprint density at radius 3 is 1.64 bits per heavy atom. The lowest BCUT2D eigenvalue weighted by Crippen LogP contribution is -2.59. The minimum absolute atomic E-state index is 0.320. The van der Waals surface area contributed by atoms with Gasteiger partial charge in [0.25, 0.3) is 5.56 Å². The fourth-order valence-electron chi connectivity index (χ4n) is 7.29. The van der Waals surface area contributed by atoms with Crippen molar-refractivity contribution >= 4 is 12.2 Å². The first kappa shape index (κ1) is 49.3. The summed E-state index contributed by atoms with van der Waals surface area (Å²) in [7, 11) is 0. The number of hydrogen-bond donors (Lipinski definition) is 7. The number of aromatic nitrogens is 2. The maximum absolute atomic E-state index is 13.2. The van der Waals surface area contributed by atoms with Crippen molar-refractivity contribution in [3.8, 4) is 0 Å². The Labute approximate surface area is 342 Å². The van der Waals surface area contributed by atoms with Gasteiger partial charge in [-0.2, -0.15) is 0 Å². The molecule has 9 atom stereocenters. The minimum Gasteiger partial charge on any atom is -0.439 e. The van der Waals surface area contributed by atoms with Crippen LogP contribution in [0.1, 0.15) is 148 Å². The first-order chi connectivity index (χ1) is 28.1. The van der Waals surface area contributed by atoms with Crippen LogP contribution in [0.5, 0.6) is 0 Å². The third-order valence-electron chi connectivity index (χ3n) is 10.8. The number of aliphatic hydroxyl groups is 4.